The van der Waals surface area contributed by atoms with E-state index >= 15 is 0 Å². The zero-order valence-corrected chi connectivity index (χ0v) is 16.2. The normalized spacial score (nSPS) is 17.5. The first-order valence-electron chi connectivity index (χ1n) is 9.13. The Morgan fingerprint density at radius 3 is 2.81 bits per heavy atom. The molecule has 0 fully saturated rings. The van der Waals surface area contributed by atoms with E-state index in [1.165, 1.54) is 17.0 Å². The molecule has 4 rings (SSSR count). The smallest absolute Gasteiger partial charge is 0.0926 e. The van der Waals surface area contributed by atoms with E-state index < -0.39 is 0 Å². The van der Waals surface area contributed by atoms with E-state index in [0.29, 0.717) is 0 Å². The van der Waals surface area contributed by atoms with E-state index in [4.69, 9.17) is 11.6 Å². The van der Waals surface area contributed by atoms with Crippen LogP contribution in [-0.4, -0.2) is 31.2 Å². The molecule has 3 heterocycles. The van der Waals surface area contributed by atoms with Crippen LogP contribution < -0.4 is 0 Å². The molecule has 1 aliphatic heterocycles. The third-order valence-electron chi connectivity index (χ3n) is 5.42. The molecule has 0 saturated carbocycles. The Morgan fingerprint density at radius 1 is 1.27 bits per heavy atom. The number of aromatic amines is 1. The maximum Gasteiger partial charge on any atom is 0.0926 e. The van der Waals surface area contributed by atoms with Crippen LogP contribution in [0.3, 0.4) is 0 Å². The van der Waals surface area contributed by atoms with Crippen molar-refractivity contribution < 1.29 is 0 Å². The third kappa shape index (κ3) is 2.85. The highest BCUT2D eigenvalue weighted by molar-refractivity contribution is 6.31. The first-order valence-corrected chi connectivity index (χ1v) is 9.51. The van der Waals surface area contributed by atoms with Crippen molar-refractivity contribution >= 4 is 11.6 Å². The van der Waals surface area contributed by atoms with E-state index in [2.05, 4.69) is 51.5 Å². The number of halogens is 1. The maximum atomic E-state index is 6.57. The van der Waals surface area contributed by atoms with E-state index in [1.807, 2.05) is 18.2 Å². The van der Waals surface area contributed by atoms with Crippen LogP contribution in [0.1, 0.15) is 46.9 Å². The van der Waals surface area contributed by atoms with Crippen LogP contribution in [0.2, 0.25) is 5.02 Å². The fourth-order valence-corrected chi connectivity index (χ4v) is 4.25. The van der Waals surface area contributed by atoms with Gasteiger partial charge in [-0.05, 0) is 32.4 Å². The molecule has 5 nitrogen and oxygen atoms in total. The molecule has 0 unspecified atom stereocenters. The van der Waals surface area contributed by atoms with Crippen molar-refractivity contribution in [2.24, 2.45) is 0 Å². The molecule has 2 aromatic heterocycles. The Hall–Kier alpha value is -2.11. The number of nitrogens with zero attached hydrogens (tertiary/aromatic N) is 4. The lowest BCUT2D eigenvalue weighted by Crippen LogP contribution is -2.36. The molecule has 1 aromatic carbocycles. The summed E-state index contributed by atoms with van der Waals surface area (Å²) in [5, 5.41) is 5.47. The highest BCUT2D eigenvalue weighted by atomic mass is 35.5. The van der Waals surface area contributed by atoms with Gasteiger partial charge in [-0.25, -0.2) is 4.98 Å². The molecule has 0 bridgehead atoms. The van der Waals surface area contributed by atoms with Gasteiger partial charge in [0.05, 0.1) is 23.8 Å². The quantitative estimate of drug-likeness (QED) is 0.754. The number of H-pyrrole nitrogens is 1. The predicted octanol–water partition coefficient (Wildman–Crippen LogP) is 4.04. The van der Waals surface area contributed by atoms with Crippen molar-refractivity contribution in [1.82, 2.24) is 24.6 Å². The summed E-state index contributed by atoms with van der Waals surface area (Å²) in [7, 11) is 0. The summed E-state index contributed by atoms with van der Waals surface area (Å²) in [6, 6.07) is 8.15. The van der Waals surface area contributed by atoms with Gasteiger partial charge in [0.25, 0.3) is 0 Å². The molecule has 6 heteroatoms. The first-order chi connectivity index (χ1) is 12.6. The summed E-state index contributed by atoms with van der Waals surface area (Å²) >= 11 is 6.57. The molecular weight excluding hydrogens is 346 g/mol. The monoisotopic (exact) mass is 369 g/mol. The maximum absolute atomic E-state index is 6.57. The van der Waals surface area contributed by atoms with Crippen molar-refractivity contribution in [2.45, 2.75) is 46.3 Å². The fourth-order valence-electron chi connectivity index (χ4n) is 4.01. The number of hydrogen-bond acceptors (Lipinski definition) is 3. The van der Waals surface area contributed by atoms with Crippen molar-refractivity contribution in [3.05, 3.63) is 69.5 Å². The number of fused-ring (bicyclic) bond motifs is 1. The first kappa shape index (κ1) is 17.3. The zero-order chi connectivity index (χ0) is 18.3. The van der Waals surface area contributed by atoms with Gasteiger partial charge in [-0.2, -0.15) is 5.10 Å². The summed E-state index contributed by atoms with van der Waals surface area (Å²) in [5.74, 6) is 0. The van der Waals surface area contributed by atoms with Crippen molar-refractivity contribution in [2.75, 3.05) is 6.54 Å². The number of aryl methyl sites for hydroxylation is 2. The Morgan fingerprint density at radius 2 is 2.08 bits per heavy atom. The minimum Gasteiger partial charge on any atom is -0.348 e. The molecule has 26 heavy (non-hydrogen) atoms. The lowest BCUT2D eigenvalue weighted by molar-refractivity contribution is 0.199. The van der Waals surface area contributed by atoms with Gasteiger partial charge in [0.2, 0.25) is 0 Å². The molecule has 0 saturated heterocycles. The van der Waals surface area contributed by atoms with Crippen LogP contribution in [0.4, 0.5) is 0 Å². The summed E-state index contributed by atoms with van der Waals surface area (Å²) in [6.07, 6.45) is 2.76. The summed E-state index contributed by atoms with van der Waals surface area (Å²) in [4.78, 5) is 10.4. The average Bonchev–Trinajstić information content (AvgIpc) is 3.22. The number of rotatable bonds is 4. The number of aromatic nitrogens is 4. The second-order valence-electron chi connectivity index (χ2n) is 6.88. The molecule has 0 spiro atoms. The highest BCUT2D eigenvalue weighted by Gasteiger charge is 2.33. The van der Waals surface area contributed by atoms with Crippen LogP contribution in [-0.2, 0) is 19.5 Å². The molecule has 136 valence electrons. The number of hydrogen-bond donors (Lipinski definition) is 1. The fraction of sp³-hybridized carbons (Fsp3) is 0.400. The SMILES string of the molecule is CCn1nc(C)c(CN2CCc3[nH]cnc3[C@@H]2c2ccccc2Cl)c1C. The number of benzene rings is 1. The molecule has 0 amide bonds. The molecule has 3 aromatic rings. The molecule has 1 aliphatic rings. The largest absolute Gasteiger partial charge is 0.348 e. The molecular formula is C20H24ClN5. The van der Waals surface area contributed by atoms with Crippen LogP contribution in [0.5, 0.6) is 0 Å². The van der Waals surface area contributed by atoms with Gasteiger partial charge in [0.15, 0.2) is 0 Å². The minimum absolute atomic E-state index is 0.0578. The van der Waals surface area contributed by atoms with E-state index in [1.54, 1.807) is 6.33 Å². The lowest BCUT2D eigenvalue weighted by atomic mass is 9.95. The summed E-state index contributed by atoms with van der Waals surface area (Å²) in [6.45, 7) is 9.09. The molecule has 1 N–H and O–H groups in total. The van der Waals surface area contributed by atoms with Crippen LogP contribution in [0, 0.1) is 13.8 Å². The zero-order valence-electron chi connectivity index (χ0n) is 15.5. The van der Waals surface area contributed by atoms with E-state index in [-0.39, 0.29) is 6.04 Å². The molecule has 0 aliphatic carbocycles. The third-order valence-corrected chi connectivity index (χ3v) is 5.76. The second-order valence-corrected chi connectivity index (χ2v) is 7.28. The topological polar surface area (TPSA) is 49.7 Å². The second kappa shape index (κ2) is 6.89. The number of nitrogens with one attached hydrogen (secondary N) is 1. The average molecular weight is 370 g/mol. The van der Waals surface area contributed by atoms with Gasteiger partial charge in [-0.1, -0.05) is 29.8 Å². The lowest BCUT2D eigenvalue weighted by Gasteiger charge is -2.35. The van der Waals surface area contributed by atoms with E-state index in [0.717, 1.165) is 48.0 Å². The van der Waals surface area contributed by atoms with Crippen molar-refractivity contribution in [1.29, 1.82) is 0 Å². The highest BCUT2D eigenvalue weighted by Crippen LogP contribution is 2.37. The minimum atomic E-state index is 0.0578. The van der Waals surface area contributed by atoms with Gasteiger partial charge in [0, 0.05) is 48.0 Å². The van der Waals surface area contributed by atoms with E-state index in [9.17, 15) is 0 Å². The van der Waals surface area contributed by atoms with Crippen LogP contribution >= 0.6 is 11.6 Å². The Balaban J connectivity index is 1.76. The van der Waals surface area contributed by atoms with Gasteiger partial charge in [0.1, 0.15) is 0 Å². The van der Waals surface area contributed by atoms with Crippen LogP contribution in [0.15, 0.2) is 30.6 Å². The van der Waals surface area contributed by atoms with Gasteiger partial charge < -0.3 is 4.98 Å². The predicted molar refractivity (Wildman–Crippen MR) is 103 cm³/mol. The van der Waals surface area contributed by atoms with Crippen LogP contribution in [0.25, 0.3) is 0 Å². The summed E-state index contributed by atoms with van der Waals surface area (Å²) < 4.78 is 2.08. The van der Waals surface area contributed by atoms with Crippen molar-refractivity contribution in [3.63, 3.8) is 0 Å². The summed E-state index contributed by atoms with van der Waals surface area (Å²) in [5.41, 5.74) is 7.07. The molecule has 0 radical (unpaired) electrons. The Kier molecular flexibility index (Phi) is 4.59. The standard InChI is InChI=1S/C20H24ClN5/c1-4-26-14(3)16(13(2)24-26)11-25-10-9-18-19(23-12-22-18)20(25)15-7-5-6-8-17(15)21/h5-8,12,20H,4,9-11H2,1-3H3,(H,22,23)/t20-/m0/s1. The Bertz CT molecular complexity index is 926. The van der Waals surface area contributed by atoms with Gasteiger partial charge in [-0.3, -0.25) is 9.58 Å². The van der Waals surface area contributed by atoms with Gasteiger partial charge >= 0.3 is 0 Å². The molecule has 1 atom stereocenters. The van der Waals surface area contributed by atoms with Gasteiger partial charge in [-0.15, -0.1) is 0 Å². The Labute approximate surface area is 159 Å². The van der Waals surface area contributed by atoms with Crippen molar-refractivity contribution in [3.8, 4) is 0 Å². The number of imidazole rings is 1.